The first kappa shape index (κ1) is 18.2. The van der Waals surface area contributed by atoms with Gasteiger partial charge in [-0.1, -0.05) is 17.8 Å². The van der Waals surface area contributed by atoms with Gasteiger partial charge >= 0.3 is 0 Å². The highest BCUT2D eigenvalue weighted by atomic mass is 32.2. The monoisotopic (exact) mass is 370 g/mol. The van der Waals surface area contributed by atoms with Crippen LogP contribution < -0.4 is 5.32 Å². The van der Waals surface area contributed by atoms with Gasteiger partial charge in [-0.05, 0) is 68.6 Å². The van der Waals surface area contributed by atoms with E-state index in [1.165, 1.54) is 11.8 Å². The predicted octanol–water partition coefficient (Wildman–Crippen LogP) is 3.64. The molecule has 1 N–H and O–H groups in total. The summed E-state index contributed by atoms with van der Waals surface area (Å²) in [5, 5.41) is 15.3. The molecule has 2 aromatic heterocycles. The van der Waals surface area contributed by atoms with E-state index in [9.17, 15) is 4.79 Å². The molecule has 1 amide bonds. The van der Waals surface area contributed by atoms with Crippen LogP contribution in [0, 0.1) is 13.8 Å². The van der Waals surface area contributed by atoms with E-state index in [1.807, 2.05) is 50.4 Å². The molecule has 2 heterocycles. The topological polar surface area (TPSA) is 77.6 Å². The fourth-order valence-electron chi connectivity index (χ4n) is 3.18. The Hall–Kier alpha value is -2.61. The molecule has 0 spiro atoms. The lowest BCUT2D eigenvalue weighted by Crippen LogP contribution is -2.14. The number of carbonyl (C=O) groups excluding carboxylic acids is 1. The summed E-state index contributed by atoms with van der Waals surface area (Å²) in [6.45, 7) is 8.22. The molecule has 3 rings (SSSR count). The smallest absolute Gasteiger partial charge is 0.257 e. The second-order valence-electron chi connectivity index (χ2n) is 6.33. The van der Waals surface area contributed by atoms with Gasteiger partial charge in [0.15, 0.2) is 0 Å². The Morgan fingerprint density at radius 2 is 2.00 bits per heavy atom. The van der Waals surface area contributed by atoms with E-state index >= 15 is 0 Å². The second-order valence-corrected chi connectivity index (χ2v) is 7.10. The molecule has 0 radical (unpaired) electrons. The van der Waals surface area contributed by atoms with Gasteiger partial charge in [-0.25, -0.2) is 0 Å². The number of hydrogen-bond acceptors (Lipinski definition) is 5. The molecule has 0 saturated carbocycles. The van der Waals surface area contributed by atoms with E-state index < -0.39 is 0 Å². The number of thioether (sulfide) groups is 1. The minimum Gasteiger partial charge on any atom is -0.346 e. The average molecular weight is 370 g/mol. The van der Waals surface area contributed by atoms with Crippen LogP contribution in [-0.2, 0) is 0 Å². The molecule has 0 aliphatic rings. The molecule has 136 valence electrons. The number of carbonyl (C=O) groups is 1. The van der Waals surface area contributed by atoms with Crippen LogP contribution >= 0.6 is 11.8 Å². The maximum Gasteiger partial charge on any atom is 0.257 e. The van der Waals surface area contributed by atoms with Crippen molar-refractivity contribution in [2.45, 2.75) is 38.9 Å². The first-order chi connectivity index (χ1) is 12.4. The van der Waals surface area contributed by atoms with Crippen LogP contribution in [0.2, 0.25) is 0 Å². The third kappa shape index (κ3) is 3.37. The van der Waals surface area contributed by atoms with E-state index in [0.717, 1.165) is 17.1 Å². The van der Waals surface area contributed by atoms with Crippen molar-refractivity contribution >= 4 is 23.4 Å². The highest BCUT2D eigenvalue weighted by Gasteiger charge is 2.17. The lowest BCUT2D eigenvalue weighted by atomic mass is 10.2. The molecule has 1 aromatic carbocycles. The lowest BCUT2D eigenvalue weighted by molar-refractivity contribution is 0.102. The number of nitrogens with zero attached hydrogens (tertiary/aromatic N) is 5. The zero-order valence-electron chi connectivity index (χ0n) is 15.5. The van der Waals surface area contributed by atoms with Gasteiger partial charge < -0.3 is 9.88 Å². The molecule has 0 atom stereocenters. The number of anilines is 1. The van der Waals surface area contributed by atoms with Gasteiger partial charge in [0.05, 0.1) is 11.3 Å². The third-order valence-electron chi connectivity index (χ3n) is 4.22. The second kappa shape index (κ2) is 7.33. The molecule has 3 aromatic rings. The first-order valence-electron chi connectivity index (χ1n) is 8.35. The normalized spacial score (nSPS) is 11.2. The van der Waals surface area contributed by atoms with Gasteiger partial charge in [0.2, 0.25) is 5.16 Å². The van der Waals surface area contributed by atoms with Crippen molar-refractivity contribution in [2.24, 2.45) is 0 Å². The van der Waals surface area contributed by atoms with E-state index in [0.29, 0.717) is 22.4 Å². The summed E-state index contributed by atoms with van der Waals surface area (Å²) >= 11 is 1.46. The molecular formula is C18H22N6OS. The van der Waals surface area contributed by atoms with Crippen molar-refractivity contribution in [3.8, 4) is 5.69 Å². The van der Waals surface area contributed by atoms with Crippen molar-refractivity contribution < 1.29 is 4.79 Å². The lowest BCUT2D eigenvalue weighted by Gasteiger charge is -2.13. The number of tetrazole rings is 1. The summed E-state index contributed by atoms with van der Waals surface area (Å²) in [5.41, 5.74) is 4.23. The minimum atomic E-state index is -0.121. The van der Waals surface area contributed by atoms with Gasteiger partial charge in [-0.2, -0.15) is 4.68 Å². The fraction of sp³-hybridized carbons (Fsp3) is 0.333. The van der Waals surface area contributed by atoms with Crippen molar-refractivity contribution in [1.82, 2.24) is 24.8 Å². The number of aromatic nitrogens is 5. The summed E-state index contributed by atoms with van der Waals surface area (Å²) in [4.78, 5) is 12.8. The van der Waals surface area contributed by atoms with Gasteiger partial charge in [0.1, 0.15) is 0 Å². The Labute approximate surface area is 156 Å². The van der Waals surface area contributed by atoms with Gasteiger partial charge in [0, 0.05) is 23.1 Å². The molecule has 0 aliphatic carbocycles. The molecule has 0 fully saturated rings. The minimum absolute atomic E-state index is 0.121. The van der Waals surface area contributed by atoms with Crippen LogP contribution in [0.15, 0.2) is 35.5 Å². The molecule has 0 saturated heterocycles. The summed E-state index contributed by atoms with van der Waals surface area (Å²) in [6, 6.07) is 9.72. The summed E-state index contributed by atoms with van der Waals surface area (Å²) in [5.74, 6) is -0.121. The third-order valence-corrected chi connectivity index (χ3v) is 4.84. The zero-order valence-corrected chi connectivity index (χ0v) is 16.3. The molecule has 26 heavy (non-hydrogen) atoms. The molecule has 0 aliphatic heterocycles. The van der Waals surface area contributed by atoms with E-state index in [4.69, 9.17) is 0 Å². The zero-order chi connectivity index (χ0) is 18.8. The summed E-state index contributed by atoms with van der Waals surface area (Å²) < 4.78 is 3.81. The SMILES string of the molecule is CSc1nnnn1-c1cccc(NC(=O)c2cc(C)n(C(C)C)c2C)c1. The molecular weight excluding hydrogens is 348 g/mol. The number of rotatable bonds is 5. The molecule has 0 unspecified atom stereocenters. The van der Waals surface area contributed by atoms with E-state index in [-0.39, 0.29) is 5.91 Å². The highest BCUT2D eigenvalue weighted by molar-refractivity contribution is 7.98. The summed E-state index contributed by atoms with van der Waals surface area (Å²) in [7, 11) is 0. The number of hydrogen-bond donors (Lipinski definition) is 1. The number of nitrogens with one attached hydrogen (secondary N) is 1. The maximum absolute atomic E-state index is 12.8. The average Bonchev–Trinajstić information content (AvgIpc) is 3.19. The molecule has 8 heteroatoms. The van der Waals surface area contributed by atoms with Crippen LogP contribution in [0.1, 0.15) is 41.6 Å². The fourth-order valence-corrected chi connectivity index (χ4v) is 3.62. The van der Waals surface area contributed by atoms with Crippen molar-refractivity contribution in [3.63, 3.8) is 0 Å². The van der Waals surface area contributed by atoms with Gasteiger partial charge in [-0.15, -0.1) is 5.10 Å². The van der Waals surface area contributed by atoms with Crippen molar-refractivity contribution in [1.29, 1.82) is 0 Å². The van der Waals surface area contributed by atoms with Crippen LogP contribution in [0.25, 0.3) is 5.69 Å². The van der Waals surface area contributed by atoms with Crippen LogP contribution in [0.3, 0.4) is 0 Å². The maximum atomic E-state index is 12.8. The Bertz CT molecular complexity index is 943. The highest BCUT2D eigenvalue weighted by Crippen LogP contribution is 2.23. The largest absolute Gasteiger partial charge is 0.346 e. The number of benzene rings is 1. The quantitative estimate of drug-likeness (QED) is 0.694. The summed E-state index contributed by atoms with van der Waals surface area (Å²) in [6.07, 6.45) is 1.91. The van der Waals surface area contributed by atoms with Gasteiger partial charge in [0.25, 0.3) is 5.91 Å². The number of aryl methyl sites for hydroxylation is 1. The van der Waals surface area contributed by atoms with Gasteiger partial charge in [-0.3, -0.25) is 4.79 Å². The van der Waals surface area contributed by atoms with Crippen LogP contribution in [-0.4, -0.2) is 36.9 Å². The predicted molar refractivity (Wildman–Crippen MR) is 103 cm³/mol. The van der Waals surface area contributed by atoms with Crippen LogP contribution in [0.4, 0.5) is 5.69 Å². The Morgan fingerprint density at radius 3 is 2.65 bits per heavy atom. The Morgan fingerprint density at radius 1 is 1.23 bits per heavy atom. The first-order valence-corrected chi connectivity index (χ1v) is 9.57. The molecule has 7 nitrogen and oxygen atoms in total. The van der Waals surface area contributed by atoms with Crippen LogP contribution in [0.5, 0.6) is 0 Å². The van der Waals surface area contributed by atoms with E-state index in [1.54, 1.807) is 4.68 Å². The number of amides is 1. The van der Waals surface area contributed by atoms with Crippen molar-refractivity contribution in [2.75, 3.05) is 11.6 Å². The van der Waals surface area contributed by atoms with Crippen molar-refractivity contribution in [3.05, 3.63) is 47.3 Å². The Kier molecular flexibility index (Phi) is 5.13. The molecule has 0 bridgehead atoms. The Balaban J connectivity index is 1.87. The standard InChI is InChI=1S/C18H22N6OS/c1-11(2)23-12(3)9-16(13(23)4)17(25)19-14-7-6-8-15(10-14)24-18(26-5)20-21-22-24/h6-11H,1-5H3,(H,19,25). The van der Waals surface area contributed by atoms with E-state index in [2.05, 4.69) is 39.3 Å².